The number of carbonyl (C=O) groups excluding carboxylic acids is 1. The molecule has 3 heterocycles. The van der Waals surface area contributed by atoms with E-state index in [0.717, 1.165) is 34.8 Å². The minimum Gasteiger partial charge on any atom is -0.338 e. The smallest absolute Gasteiger partial charge is 0.255 e. The molecule has 2 fully saturated rings. The molecule has 5 nitrogen and oxygen atoms in total. The number of nitrogens with zero attached hydrogens (tertiary/aromatic N) is 2. The van der Waals surface area contributed by atoms with Crippen molar-refractivity contribution in [2.24, 2.45) is 0 Å². The van der Waals surface area contributed by atoms with Crippen LogP contribution in [0.3, 0.4) is 0 Å². The second-order valence-electron chi connectivity index (χ2n) is 8.25. The molecule has 1 aromatic heterocycles. The van der Waals surface area contributed by atoms with Crippen LogP contribution in [0.1, 0.15) is 40.5 Å². The molecule has 31 heavy (non-hydrogen) atoms. The fourth-order valence-corrected chi connectivity index (χ4v) is 9.09. The van der Waals surface area contributed by atoms with Crippen LogP contribution in [0.25, 0.3) is 10.2 Å². The Labute approximate surface area is 190 Å². The van der Waals surface area contributed by atoms with Crippen molar-refractivity contribution in [2.75, 3.05) is 24.6 Å². The number of carbonyl (C=O) groups is 1. The van der Waals surface area contributed by atoms with Gasteiger partial charge in [-0.25, -0.2) is 13.4 Å². The van der Waals surface area contributed by atoms with E-state index in [1.807, 2.05) is 47.4 Å². The number of hydrogen-bond acceptors (Lipinski definition) is 6. The summed E-state index contributed by atoms with van der Waals surface area (Å²) in [6, 6.07) is 15.8. The van der Waals surface area contributed by atoms with Crippen LogP contribution in [0.5, 0.6) is 0 Å². The van der Waals surface area contributed by atoms with Crippen molar-refractivity contribution >= 4 is 49.1 Å². The number of thioether (sulfide) groups is 1. The molecule has 2 unspecified atom stereocenters. The average molecular weight is 473 g/mol. The fraction of sp³-hybridized carbons (Fsp3) is 0.391. The highest BCUT2D eigenvalue weighted by Crippen LogP contribution is 2.36. The van der Waals surface area contributed by atoms with Gasteiger partial charge in [-0.1, -0.05) is 24.3 Å². The highest BCUT2D eigenvalue weighted by Gasteiger charge is 2.31. The monoisotopic (exact) mass is 472 g/mol. The molecule has 0 saturated carbocycles. The summed E-state index contributed by atoms with van der Waals surface area (Å²) in [7, 11) is -2.94. The Bertz CT molecular complexity index is 1190. The van der Waals surface area contributed by atoms with Crippen molar-refractivity contribution in [1.82, 2.24) is 9.88 Å². The molecule has 0 N–H and O–H groups in total. The van der Waals surface area contributed by atoms with Gasteiger partial charge in [0.25, 0.3) is 5.91 Å². The number of likely N-dealkylation sites (tertiary alicyclic amines) is 1. The van der Waals surface area contributed by atoms with Crippen molar-refractivity contribution in [3.8, 4) is 0 Å². The minimum absolute atomic E-state index is 0.0239. The van der Waals surface area contributed by atoms with Crippen molar-refractivity contribution in [2.45, 2.75) is 35.3 Å². The number of hydrogen-bond donors (Lipinski definition) is 0. The van der Waals surface area contributed by atoms with Gasteiger partial charge in [0.15, 0.2) is 9.84 Å². The summed E-state index contributed by atoms with van der Waals surface area (Å²) < 4.78 is 24.9. The van der Waals surface area contributed by atoms with Crippen LogP contribution >= 0.6 is 23.1 Å². The number of rotatable bonds is 4. The van der Waals surface area contributed by atoms with E-state index >= 15 is 0 Å². The van der Waals surface area contributed by atoms with E-state index in [0.29, 0.717) is 18.5 Å². The summed E-state index contributed by atoms with van der Waals surface area (Å²) in [4.78, 5) is 21.1. The second-order valence-corrected chi connectivity index (χ2v) is 12.9. The predicted molar refractivity (Wildman–Crippen MR) is 127 cm³/mol. The molecule has 2 aliphatic heterocycles. The number of sulfone groups is 1. The summed E-state index contributed by atoms with van der Waals surface area (Å²) in [6.45, 7) is 1.42. The molecular weight excluding hydrogens is 448 g/mol. The molecule has 0 aliphatic carbocycles. The SMILES string of the molecule is O=C(c1ccccc1SC1CCS(=O)(=O)C1)N1CCCC(c2nc3ccccc3s2)C1. The normalized spacial score (nSPS) is 23.3. The van der Waals surface area contributed by atoms with Gasteiger partial charge < -0.3 is 4.90 Å². The number of fused-ring (bicyclic) bond motifs is 1. The lowest BCUT2D eigenvalue weighted by Gasteiger charge is -2.32. The van der Waals surface area contributed by atoms with E-state index in [9.17, 15) is 13.2 Å². The Balaban J connectivity index is 1.34. The summed E-state index contributed by atoms with van der Waals surface area (Å²) in [6.07, 6.45) is 2.65. The zero-order valence-electron chi connectivity index (χ0n) is 17.1. The van der Waals surface area contributed by atoms with E-state index in [-0.39, 0.29) is 28.6 Å². The summed E-state index contributed by atoms with van der Waals surface area (Å²) in [5.74, 6) is 0.741. The lowest BCUT2D eigenvalue weighted by Crippen LogP contribution is -2.39. The van der Waals surface area contributed by atoms with Gasteiger partial charge in [-0.2, -0.15) is 0 Å². The quantitative estimate of drug-likeness (QED) is 0.555. The van der Waals surface area contributed by atoms with Gasteiger partial charge in [-0.3, -0.25) is 4.79 Å². The van der Waals surface area contributed by atoms with Crippen LogP contribution < -0.4 is 0 Å². The Morgan fingerprint density at radius 1 is 1.10 bits per heavy atom. The van der Waals surface area contributed by atoms with E-state index in [2.05, 4.69) is 6.07 Å². The largest absolute Gasteiger partial charge is 0.338 e. The molecule has 162 valence electrons. The van der Waals surface area contributed by atoms with Crippen molar-refractivity contribution < 1.29 is 13.2 Å². The maximum absolute atomic E-state index is 13.4. The average Bonchev–Trinajstić information content (AvgIpc) is 3.36. The third-order valence-electron chi connectivity index (χ3n) is 5.97. The van der Waals surface area contributed by atoms with E-state index in [1.54, 1.807) is 11.3 Å². The van der Waals surface area contributed by atoms with Crippen LogP contribution in [0.4, 0.5) is 0 Å². The number of piperidine rings is 1. The first kappa shape index (κ1) is 21.0. The summed E-state index contributed by atoms with van der Waals surface area (Å²) >= 11 is 3.26. The topological polar surface area (TPSA) is 67.3 Å². The number of amides is 1. The number of aromatic nitrogens is 1. The zero-order chi connectivity index (χ0) is 21.4. The van der Waals surface area contributed by atoms with E-state index < -0.39 is 9.84 Å². The Morgan fingerprint density at radius 3 is 2.71 bits per heavy atom. The van der Waals surface area contributed by atoms with Crippen LogP contribution in [0, 0.1) is 0 Å². The standard InChI is InChI=1S/C23H24N2O3S3/c26-23(18-7-1-3-9-20(18)29-17-11-13-31(27,28)15-17)25-12-5-6-16(14-25)22-24-19-8-2-4-10-21(19)30-22/h1-4,7-10,16-17H,5-6,11-15H2. The molecule has 3 aromatic rings. The Morgan fingerprint density at radius 2 is 1.90 bits per heavy atom. The van der Waals surface area contributed by atoms with Gasteiger partial charge in [-0.05, 0) is 43.5 Å². The highest BCUT2D eigenvalue weighted by atomic mass is 32.2. The van der Waals surface area contributed by atoms with Crippen LogP contribution in [-0.4, -0.2) is 54.1 Å². The third-order valence-corrected chi connectivity index (χ3v) is 10.5. The molecule has 2 saturated heterocycles. The summed E-state index contributed by atoms with van der Waals surface area (Å²) in [5.41, 5.74) is 1.71. The fourth-order valence-electron chi connectivity index (χ4n) is 4.38. The van der Waals surface area contributed by atoms with Gasteiger partial charge >= 0.3 is 0 Å². The maximum Gasteiger partial charge on any atom is 0.255 e. The molecule has 5 rings (SSSR count). The Kier molecular flexibility index (Phi) is 5.79. The highest BCUT2D eigenvalue weighted by molar-refractivity contribution is 8.02. The van der Waals surface area contributed by atoms with Crippen LogP contribution in [0.2, 0.25) is 0 Å². The molecule has 2 aliphatic rings. The van der Waals surface area contributed by atoms with Crippen molar-refractivity contribution in [1.29, 1.82) is 0 Å². The van der Waals surface area contributed by atoms with Gasteiger partial charge in [0, 0.05) is 29.2 Å². The molecule has 2 aromatic carbocycles. The third kappa shape index (κ3) is 4.52. The molecule has 1 amide bonds. The van der Waals surface area contributed by atoms with Gasteiger partial charge in [0.05, 0.1) is 32.3 Å². The second kappa shape index (κ2) is 8.56. The van der Waals surface area contributed by atoms with E-state index in [4.69, 9.17) is 4.98 Å². The minimum atomic E-state index is -2.94. The molecule has 0 bridgehead atoms. The van der Waals surface area contributed by atoms with Crippen molar-refractivity contribution in [3.05, 3.63) is 59.1 Å². The zero-order valence-corrected chi connectivity index (χ0v) is 19.5. The maximum atomic E-state index is 13.4. The first-order valence-corrected chi connectivity index (χ1v) is 14.1. The number of benzene rings is 2. The molecule has 2 atom stereocenters. The molecule has 0 spiro atoms. The first-order chi connectivity index (χ1) is 15.0. The predicted octanol–water partition coefficient (Wildman–Crippen LogP) is 4.60. The number of thiazole rings is 1. The molecule has 8 heteroatoms. The molecular formula is C23H24N2O3S3. The van der Waals surface area contributed by atoms with Crippen molar-refractivity contribution in [3.63, 3.8) is 0 Å². The lowest BCUT2D eigenvalue weighted by molar-refractivity contribution is 0.0703. The summed E-state index contributed by atoms with van der Waals surface area (Å²) in [5, 5.41) is 1.13. The lowest BCUT2D eigenvalue weighted by atomic mass is 9.98. The number of para-hydroxylation sites is 1. The van der Waals surface area contributed by atoms with Gasteiger partial charge in [0.2, 0.25) is 0 Å². The Hall–Kier alpha value is -1.90. The molecule has 0 radical (unpaired) electrons. The van der Waals surface area contributed by atoms with Gasteiger partial charge in [0.1, 0.15) is 0 Å². The van der Waals surface area contributed by atoms with E-state index in [1.165, 1.54) is 16.5 Å². The first-order valence-electron chi connectivity index (χ1n) is 10.6. The van der Waals surface area contributed by atoms with Gasteiger partial charge in [-0.15, -0.1) is 23.1 Å². The van der Waals surface area contributed by atoms with Crippen LogP contribution in [0.15, 0.2) is 53.4 Å². The van der Waals surface area contributed by atoms with Crippen LogP contribution in [-0.2, 0) is 9.84 Å².